The third-order valence-corrected chi connectivity index (χ3v) is 7.06. The summed E-state index contributed by atoms with van der Waals surface area (Å²) in [6, 6.07) is 12.1. The maximum atomic E-state index is 12.9. The molecule has 0 fully saturated rings. The number of aryl methyl sites for hydroxylation is 1. The number of ether oxygens (including phenoxy) is 3. The summed E-state index contributed by atoms with van der Waals surface area (Å²) < 4.78 is 16.4. The maximum Gasteiger partial charge on any atom is 0.341 e. The molecule has 0 spiro atoms. The molecule has 10 heteroatoms. The number of esters is 1. The van der Waals surface area contributed by atoms with Crippen LogP contribution in [0.3, 0.4) is 0 Å². The van der Waals surface area contributed by atoms with Crippen LogP contribution in [-0.4, -0.2) is 25.6 Å². The number of carbonyl (C=O) groups is 2. The molecule has 0 saturated heterocycles. The van der Waals surface area contributed by atoms with E-state index in [-0.39, 0.29) is 18.8 Å². The SMILES string of the molecule is CCOC(=O)c1c(NC(=O)/C(C#N)=C/c2ccc(OCc3ccc(Cl)cc3Cl)c(OC)c2)sc(C)c1C. The zero-order valence-electron chi connectivity index (χ0n) is 20.6. The van der Waals surface area contributed by atoms with Crippen molar-refractivity contribution in [2.24, 2.45) is 0 Å². The van der Waals surface area contributed by atoms with Gasteiger partial charge in [0, 0.05) is 20.5 Å². The molecule has 0 bridgehead atoms. The molecule has 3 rings (SSSR count). The van der Waals surface area contributed by atoms with Gasteiger partial charge in [-0.15, -0.1) is 11.3 Å². The average molecular weight is 559 g/mol. The third kappa shape index (κ3) is 6.83. The number of halogens is 2. The minimum absolute atomic E-state index is 0.151. The average Bonchev–Trinajstić information content (AvgIpc) is 3.14. The number of hydrogen-bond donors (Lipinski definition) is 1. The van der Waals surface area contributed by atoms with Crippen LogP contribution in [0.1, 0.15) is 38.8 Å². The minimum atomic E-state index is -0.647. The van der Waals surface area contributed by atoms with Crippen LogP contribution < -0.4 is 14.8 Å². The molecule has 0 saturated carbocycles. The number of hydrogen-bond acceptors (Lipinski definition) is 7. The predicted octanol–water partition coefficient (Wildman–Crippen LogP) is 6.98. The number of nitrogens with one attached hydrogen (secondary N) is 1. The molecule has 7 nitrogen and oxygen atoms in total. The van der Waals surface area contributed by atoms with Crippen LogP contribution in [0.2, 0.25) is 10.0 Å². The minimum Gasteiger partial charge on any atom is -0.493 e. The normalized spacial score (nSPS) is 11.0. The van der Waals surface area contributed by atoms with E-state index in [0.29, 0.717) is 37.7 Å². The van der Waals surface area contributed by atoms with E-state index < -0.39 is 11.9 Å². The van der Waals surface area contributed by atoms with E-state index in [1.165, 1.54) is 24.5 Å². The van der Waals surface area contributed by atoms with Gasteiger partial charge in [0.05, 0.1) is 19.3 Å². The molecule has 37 heavy (non-hydrogen) atoms. The number of carbonyl (C=O) groups excluding carboxylic acids is 2. The van der Waals surface area contributed by atoms with Gasteiger partial charge in [-0.3, -0.25) is 4.79 Å². The second-order valence-electron chi connectivity index (χ2n) is 7.77. The van der Waals surface area contributed by atoms with Crippen molar-refractivity contribution in [2.75, 3.05) is 19.0 Å². The third-order valence-electron chi connectivity index (χ3n) is 5.35. The first kappa shape index (κ1) is 28.1. The van der Waals surface area contributed by atoms with Gasteiger partial charge in [-0.1, -0.05) is 35.3 Å². The molecule has 1 N–H and O–H groups in total. The fraction of sp³-hybridized carbons (Fsp3) is 0.222. The number of amides is 1. The number of methoxy groups -OCH3 is 1. The first-order valence-electron chi connectivity index (χ1n) is 11.1. The fourth-order valence-corrected chi connectivity index (χ4v) is 4.84. The Morgan fingerprint density at radius 3 is 2.54 bits per heavy atom. The van der Waals surface area contributed by atoms with Gasteiger partial charge in [-0.25, -0.2) is 4.79 Å². The van der Waals surface area contributed by atoms with Crippen molar-refractivity contribution in [2.45, 2.75) is 27.4 Å². The standard InChI is InChI=1S/C27H24Cl2N2O5S/c1-5-35-27(33)24-15(2)16(3)37-26(24)31-25(32)19(13-30)10-17-6-9-22(23(11-17)34-4)36-14-18-7-8-20(28)12-21(18)29/h6-12H,5,14H2,1-4H3,(H,31,32)/b19-10+. The number of benzene rings is 2. The van der Waals surface area contributed by atoms with Crippen molar-refractivity contribution in [3.63, 3.8) is 0 Å². The van der Waals surface area contributed by atoms with Crippen LogP contribution >= 0.6 is 34.5 Å². The van der Waals surface area contributed by atoms with Crippen molar-refractivity contribution in [1.29, 1.82) is 5.26 Å². The van der Waals surface area contributed by atoms with Crippen LogP contribution in [0.4, 0.5) is 5.00 Å². The lowest BCUT2D eigenvalue weighted by Crippen LogP contribution is -2.16. The van der Waals surface area contributed by atoms with Crippen molar-refractivity contribution >= 4 is 57.5 Å². The Labute approximate surface area is 229 Å². The summed E-state index contributed by atoms with van der Waals surface area (Å²) >= 11 is 13.4. The molecule has 1 heterocycles. The van der Waals surface area contributed by atoms with Gasteiger partial charge in [0.15, 0.2) is 11.5 Å². The van der Waals surface area contributed by atoms with Gasteiger partial charge in [0.2, 0.25) is 0 Å². The maximum absolute atomic E-state index is 12.9. The van der Waals surface area contributed by atoms with Gasteiger partial charge in [-0.2, -0.15) is 5.26 Å². The second kappa shape index (κ2) is 12.6. The summed E-state index contributed by atoms with van der Waals surface area (Å²) in [6.07, 6.45) is 1.43. The lowest BCUT2D eigenvalue weighted by Gasteiger charge is -2.12. The van der Waals surface area contributed by atoms with Crippen LogP contribution in [0, 0.1) is 25.2 Å². The highest BCUT2D eigenvalue weighted by molar-refractivity contribution is 7.16. The monoisotopic (exact) mass is 558 g/mol. The Morgan fingerprint density at radius 1 is 1.14 bits per heavy atom. The number of rotatable bonds is 9. The largest absolute Gasteiger partial charge is 0.493 e. The summed E-state index contributed by atoms with van der Waals surface area (Å²) in [5.41, 5.74) is 2.16. The highest BCUT2D eigenvalue weighted by atomic mass is 35.5. The predicted molar refractivity (Wildman–Crippen MR) is 146 cm³/mol. The molecule has 0 radical (unpaired) electrons. The zero-order chi connectivity index (χ0) is 27.1. The van der Waals surface area contributed by atoms with Gasteiger partial charge in [0.1, 0.15) is 23.3 Å². The first-order valence-corrected chi connectivity index (χ1v) is 12.7. The van der Waals surface area contributed by atoms with E-state index in [0.717, 1.165) is 16.0 Å². The first-order chi connectivity index (χ1) is 17.7. The zero-order valence-corrected chi connectivity index (χ0v) is 22.9. The highest BCUT2D eigenvalue weighted by Gasteiger charge is 2.23. The Bertz CT molecular complexity index is 1410. The molecule has 0 unspecified atom stereocenters. The molecule has 192 valence electrons. The molecule has 3 aromatic rings. The molecule has 1 amide bonds. The van der Waals surface area contributed by atoms with Crippen LogP contribution in [0.5, 0.6) is 11.5 Å². The molecular formula is C27H24Cl2N2O5S. The number of nitrogens with zero attached hydrogens (tertiary/aromatic N) is 1. The lowest BCUT2D eigenvalue weighted by atomic mass is 10.1. The Morgan fingerprint density at radius 2 is 1.89 bits per heavy atom. The Hall–Kier alpha value is -3.51. The van der Waals surface area contributed by atoms with E-state index in [9.17, 15) is 14.9 Å². The van der Waals surface area contributed by atoms with Crippen LogP contribution in [0.25, 0.3) is 6.08 Å². The van der Waals surface area contributed by atoms with Crippen molar-refractivity contribution in [3.8, 4) is 17.6 Å². The number of thiophene rings is 1. The molecule has 0 aliphatic carbocycles. The summed E-state index contributed by atoms with van der Waals surface area (Å²) in [5, 5.41) is 13.7. The second-order valence-corrected chi connectivity index (χ2v) is 9.83. The number of anilines is 1. The van der Waals surface area contributed by atoms with Crippen LogP contribution in [0.15, 0.2) is 42.0 Å². The van der Waals surface area contributed by atoms with Gasteiger partial charge in [0.25, 0.3) is 5.91 Å². The molecule has 1 aromatic heterocycles. The smallest absolute Gasteiger partial charge is 0.341 e. The van der Waals surface area contributed by atoms with Crippen molar-refractivity contribution in [1.82, 2.24) is 0 Å². The number of nitriles is 1. The molecular weight excluding hydrogens is 535 g/mol. The Kier molecular flexibility index (Phi) is 9.59. The van der Waals surface area contributed by atoms with Crippen molar-refractivity contribution in [3.05, 3.63) is 79.1 Å². The molecule has 0 aliphatic rings. The highest BCUT2D eigenvalue weighted by Crippen LogP contribution is 2.34. The van der Waals surface area contributed by atoms with Crippen LogP contribution in [-0.2, 0) is 16.1 Å². The van der Waals surface area contributed by atoms with Crippen molar-refractivity contribution < 1.29 is 23.8 Å². The molecule has 0 aliphatic heterocycles. The van der Waals surface area contributed by atoms with E-state index in [2.05, 4.69) is 5.32 Å². The van der Waals surface area contributed by atoms with Gasteiger partial charge in [-0.05, 0) is 62.2 Å². The Balaban J connectivity index is 1.81. The van der Waals surface area contributed by atoms with E-state index in [1.807, 2.05) is 13.0 Å². The quantitative estimate of drug-likeness (QED) is 0.173. The van der Waals surface area contributed by atoms with Gasteiger partial charge >= 0.3 is 5.97 Å². The summed E-state index contributed by atoms with van der Waals surface area (Å²) in [6.45, 7) is 5.73. The lowest BCUT2D eigenvalue weighted by molar-refractivity contribution is -0.112. The summed E-state index contributed by atoms with van der Waals surface area (Å²) in [5.74, 6) is -0.309. The van der Waals surface area contributed by atoms with E-state index >= 15 is 0 Å². The van der Waals surface area contributed by atoms with E-state index in [4.69, 9.17) is 37.4 Å². The van der Waals surface area contributed by atoms with Gasteiger partial charge < -0.3 is 19.5 Å². The fourth-order valence-electron chi connectivity index (χ4n) is 3.34. The van der Waals surface area contributed by atoms with E-state index in [1.54, 1.807) is 50.2 Å². The molecule has 2 aromatic carbocycles. The summed E-state index contributed by atoms with van der Waals surface area (Å²) in [4.78, 5) is 26.2. The topological polar surface area (TPSA) is 97.7 Å². The molecule has 0 atom stereocenters. The summed E-state index contributed by atoms with van der Waals surface area (Å²) in [7, 11) is 1.49.